The van der Waals surface area contributed by atoms with Gasteiger partial charge in [0.15, 0.2) is 0 Å². The molecular weight excluding hydrogens is 169 g/mol. The molecule has 3 heteroatoms. The maximum Gasteiger partial charge on any atom is 0.241 e. The highest BCUT2D eigenvalue weighted by molar-refractivity contribution is 5.90. The van der Waals surface area contributed by atoms with Gasteiger partial charge in [0.2, 0.25) is 5.91 Å². The molecule has 0 saturated carbocycles. The van der Waals surface area contributed by atoms with Gasteiger partial charge in [0.25, 0.3) is 0 Å². The molecule has 1 aromatic rings. The molecule has 1 rings (SSSR count). The first-order chi connectivity index (χ1) is 6.09. The number of hydrogen-bond donors (Lipinski definition) is 1. The topological polar surface area (TPSA) is 43.1 Å². The van der Waals surface area contributed by atoms with Gasteiger partial charge in [0, 0.05) is 6.08 Å². The second-order valence-corrected chi connectivity index (χ2v) is 2.74. The van der Waals surface area contributed by atoms with Crippen molar-refractivity contribution in [3.63, 3.8) is 0 Å². The molecule has 0 saturated heterocycles. The van der Waals surface area contributed by atoms with Gasteiger partial charge in [-0.25, -0.2) is 4.39 Å². The fraction of sp³-hybridized carbons (Fsp3) is 0.100. The van der Waals surface area contributed by atoms with E-state index in [1.807, 2.05) is 0 Å². The molecule has 0 fully saturated rings. The van der Waals surface area contributed by atoms with Gasteiger partial charge in [0.05, 0.1) is 0 Å². The standard InChI is InChI=1S/C10H10FNO/c1-7-6-9(11)4-2-8(7)3-5-10(12)13/h2-6H,1H3,(H2,12,13)/b5-3+. The number of benzene rings is 1. The molecule has 0 aliphatic heterocycles. The minimum atomic E-state index is -0.510. The summed E-state index contributed by atoms with van der Waals surface area (Å²) in [4.78, 5) is 10.4. The maximum absolute atomic E-state index is 12.6. The van der Waals surface area contributed by atoms with Crippen LogP contribution in [-0.2, 0) is 4.79 Å². The van der Waals surface area contributed by atoms with Crippen molar-refractivity contribution in [1.29, 1.82) is 0 Å². The highest BCUT2D eigenvalue weighted by atomic mass is 19.1. The van der Waals surface area contributed by atoms with Crippen LogP contribution in [0.4, 0.5) is 4.39 Å². The van der Waals surface area contributed by atoms with Crippen LogP contribution >= 0.6 is 0 Å². The molecule has 1 aromatic carbocycles. The lowest BCUT2D eigenvalue weighted by atomic mass is 10.1. The molecule has 0 atom stereocenters. The van der Waals surface area contributed by atoms with Gasteiger partial charge >= 0.3 is 0 Å². The third kappa shape index (κ3) is 2.71. The predicted molar refractivity (Wildman–Crippen MR) is 49.4 cm³/mol. The van der Waals surface area contributed by atoms with Crippen LogP contribution in [0.3, 0.4) is 0 Å². The molecule has 0 aromatic heterocycles. The van der Waals surface area contributed by atoms with Gasteiger partial charge in [-0.1, -0.05) is 6.07 Å². The van der Waals surface area contributed by atoms with E-state index in [0.717, 1.165) is 11.1 Å². The van der Waals surface area contributed by atoms with Gasteiger partial charge in [0.1, 0.15) is 5.82 Å². The van der Waals surface area contributed by atoms with Gasteiger partial charge < -0.3 is 5.73 Å². The van der Waals surface area contributed by atoms with Crippen molar-refractivity contribution in [2.24, 2.45) is 5.73 Å². The number of nitrogens with two attached hydrogens (primary N) is 1. The summed E-state index contributed by atoms with van der Waals surface area (Å²) in [5.41, 5.74) is 6.49. The van der Waals surface area contributed by atoms with Crippen LogP contribution in [0.15, 0.2) is 24.3 Å². The van der Waals surface area contributed by atoms with Crippen molar-refractivity contribution in [1.82, 2.24) is 0 Å². The summed E-state index contributed by atoms with van der Waals surface area (Å²) in [5.74, 6) is -0.794. The Bertz CT molecular complexity index is 358. The van der Waals surface area contributed by atoms with E-state index in [0.29, 0.717) is 0 Å². The lowest BCUT2D eigenvalue weighted by molar-refractivity contribution is -0.113. The van der Waals surface area contributed by atoms with E-state index in [4.69, 9.17) is 5.73 Å². The summed E-state index contributed by atoms with van der Waals surface area (Å²) < 4.78 is 12.6. The average molecular weight is 179 g/mol. The van der Waals surface area contributed by atoms with E-state index >= 15 is 0 Å². The Hall–Kier alpha value is -1.64. The van der Waals surface area contributed by atoms with E-state index in [2.05, 4.69) is 0 Å². The molecule has 68 valence electrons. The number of rotatable bonds is 2. The highest BCUT2D eigenvalue weighted by Crippen LogP contribution is 2.11. The summed E-state index contributed by atoms with van der Waals surface area (Å²) in [6.07, 6.45) is 2.82. The molecule has 1 amide bonds. The van der Waals surface area contributed by atoms with Crippen LogP contribution in [0.2, 0.25) is 0 Å². The molecule has 0 aliphatic rings. The first-order valence-corrected chi connectivity index (χ1v) is 3.83. The van der Waals surface area contributed by atoms with Crippen LogP contribution in [-0.4, -0.2) is 5.91 Å². The van der Waals surface area contributed by atoms with Gasteiger partial charge in [-0.2, -0.15) is 0 Å². The smallest absolute Gasteiger partial charge is 0.241 e. The van der Waals surface area contributed by atoms with Crippen LogP contribution < -0.4 is 5.73 Å². The molecule has 0 spiro atoms. The number of hydrogen-bond acceptors (Lipinski definition) is 1. The quantitative estimate of drug-likeness (QED) is 0.689. The second-order valence-electron chi connectivity index (χ2n) is 2.74. The number of aryl methyl sites for hydroxylation is 1. The molecule has 0 unspecified atom stereocenters. The summed E-state index contributed by atoms with van der Waals surface area (Å²) in [5, 5.41) is 0. The first kappa shape index (κ1) is 9.45. The third-order valence-electron chi connectivity index (χ3n) is 1.66. The van der Waals surface area contributed by atoms with Crippen LogP contribution in [0.5, 0.6) is 0 Å². The molecule has 13 heavy (non-hydrogen) atoms. The molecule has 2 nitrogen and oxygen atoms in total. The Labute approximate surface area is 75.9 Å². The second kappa shape index (κ2) is 3.85. The van der Waals surface area contributed by atoms with Crippen molar-refractivity contribution in [3.8, 4) is 0 Å². The summed E-state index contributed by atoms with van der Waals surface area (Å²) in [6.45, 7) is 1.77. The fourth-order valence-corrected chi connectivity index (χ4v) is 0.998. The van der Waals surface area contributed by atoms with Crippen molar-refractivity contribution in [3.05, 3.63) is 41.2 Å². The molecule has 2 N–H and O–H groups in total. The van der Waals surface area contributed by atoms with E-state index in [1.165, 1.54) is 18.2 Å². The molecular formula is C10H10FNO. The van der Waals surface area contributed by atoms with Gasteiger partial charge in [-0.15, -0.1) is 0 Å². The molecule has 0 aliphatic carbocycles. The van der Waals surface area contributed by atoms with Crippen molar-refractivity contribution in [2.75, 3.05) is 0 Å². The average Bonchev–Trinajstić information content (AvgIpc) is 2.02. The number of primary amides is 1. The Morgan fingerprint density at radius 1 is 1.54 bits per heavy atom. The fourth-order valence-electron chi connectivity index (χ4n) is 0.998. The van der Waals surface area contributed by atoms with Crippen LogP contribution in [0, 0.1) is 12.7 Å². The SMILES string of the molecule is Cc1cc(F)ccc1/C=C/C(N)=O. The minimum absolute atomic E-state index is 0.284. The van der Waals surface area contributed by atoms with Crippen molar-refractivity contribution < 1.29 is 9.18 Å². The van der Waals surface area contributed by atoms with Crippen molar-refractivity contribution >= 4 is 12.0 Å². The zero-order chi connectivity index (χ0) is 9.84. The Morgan fingerprint density at radius 3 is 2.77 bits per heavy atom. The lowest BCUT2D eigenvalue weighted by Crippen LogP contribution is -2.05. The van der Waals surface area contributed by atoms with Crippen molar-refractivity contribution in [2.45, 2.75) is 6.92 Å². The predicted octanol–water partition coefficient (Wildman–Crippen LogP) is 1.63. The number of amides is 1. The zero-order valence-electron chi connectivity index (χ0n) is 7.25. The Morgan fingerprint density at radius 2 is 2.23 bits per heavy atom. The zero-order valence-corrected chi connectivity index (χ0v) is 7.25. The first-order valence-electron chi connectivity index (χ1n) is 3.83. The van der Waals surface area contributed by atoms with E-state index in [9.17, 15) is 9.18 Å². The van der Waals surface area contributed by atoms with Crippen LogP contribution in [0.1, 0.15) is 11.1 Å². The summed E-state index contributed by atoms with van der Waals surface area (Å²) >= 11 is 0. The lowest BCUT2D eigenvalue weighted by Gasteiger charge is -1.98. The number of carbonyl (C=O) groups is 1. The molecule has 0 radical (unpaired) electrons. The van der Waals surface area contributed by atoms with Gasteiger partial charge in [-0.3, -0.25) is 4.79 Å². The number of carbonyl (C=O) groups excluding carboxylic acids is 1. The largest absolute Gasteiger partial charge is 0.366 e. The van der Waals surface area contributed by atoms with E-state index in [1.54, 1.807) is 19.1 Å². The van der Waals surface area contributed by atoms with E-state index in [-0.39, 0.29) is 5.82 Å². The van der Waals surface area contributed by atoms with Gasteiger partial charge in [-0.05, 0) is 36.3 Å². The monoisotopic (exact) mass is 179 g/mol. The number of halogens is 1. The Kier molecular flexibility index (Phi) is 2.80. The molecule has 0 bridgehead atoms. The summed E-state index contributed by atoms with van der Waals surface area (Å²) in [6, 6.07) is 4.35. The summed E-state index contributed by atoms with van der Waals surface area (Å²) in [7, 11) is 0. The van der Waals surface area contributed by atoms with E-state index < -0.39 is 5.91 Å². The molecule has 0 heterocycles. The third-order valence-corrected chi connectivity index (χ3v) is 1.66. The highest BCUT2D eigenvalue weighted by Gasteiger charge is 1.96. The van der Waals surface area contributed by atoms with Crippen LogP contribution in [0.25, 0.3) is 6.08 Å². The Balaban J connectivity index is 2.96. The maximum atomic E-state index is 12.6. The minimum Gasteiger partial charge on any atom is -0.366 e. The normalized spacial score (nSPS) is 10.6.